The Balaban J connectivity index is 2.06. The summed E-state index contributed by atoms with van der Waals surface area (Å²) in [5.74, 6) is 0.873. The molecule has 1 aromatic rings. The number of aromatic nitrogens is 1. The van der Waals surface area contributed by atoms with E-state index in [1.165, 1.54) is 18.5 Å². The molecule has 3 heteroatoms. The fraction of sp³-hybridized carbons (Fsp3) is 0.643. The van der Waals surface area contributed by atoms with E-state index in [2.05, 4.69) is 42.9 Å². The summed E-state index contributed by atoms with van der Waals surface area (Å²) in [6.07, 6.45) is 5.62. The van der Waals surface area contributed by atoms with Gasteiger partial charge in [-0.1, -0.05) is 6.92 Å². The van der Waals surface area contributed by atoms with Crippen molar-refractivity contribution in [3.05, 3.63) is 24.0 Å². The van der Waals surface area contributed by atoms with Crippen LogP contribution in [0.25, 0.3) is 0 Å². The molecule has 0 spiro atoms. The lowest BCUT2D eigenvalue weighted by Gasteiger charge is -2.27. The summed E-state index contributed by atoms with van der Waals surface area (Å²) in [6.45, 7) is 4.38. The van der Waals surface area contributed by atoms with Gasteiger partial charge in [0.15, 0.2) is 0 Å². The van der Waals surface area contributed by atoms with Crippen molar-refractivity contribution in [2.24, 2.45) is 11.7 Å². The Labute approximate surface area is 104 Å². The third kappa shape index (κ3) is 2.78. The first-order valence-electron chi connectivity index (χ1n) is 6.57. The molecular weight excluding hydrogens is 210 g/mol. The minimum atomic E-state index is 0.0650. The van der Waals surface area contributed by atoms with E-state index < -0.39 is 0 Å². The van der Waals surface area contributed by atoms with Gasteiger partial charge in [-0.2, -0.15) is 0 Å². The van der Waals surface area contributed by atoms with Crippen LogP contribution < -0.4 is 10.6 Å². The first kappa shape index (κ1) is 12.4. The third-order valence-corrected chi connectivity index (χ3v) is 3.91. The molecule has 0 amide bonds. The van der Waals surface area contributed by atoms with E-state index in [1.54, 1.807) is 0 Å². The number of anilines is 1. The molecule has 1 aromatic heterocycles. The van der Waals surface area contributed by atoms with Crippen molar-refractivity contribution in [1.29, 1.82) is 0 Å². The first-order valence-corrected chi connectivity index (χ1v) is 6.57. The molecule has 0 aliphatic heterocycles. The lowest BCUT2D eigenvalue weighted by atomic mass is 10.1. The van der Waals surface area contributed by atoms with Crippen LogP contribution in [-0.2, 0) is 0 Å². The highest BCUT2D eigenvalue weighted by Gasteiger charge is 2.30. The second-order valence-corrected chi connectivity index (χ2v) is 5.14. The van der Waals surface area contributed by atoms with Gasteiger partial charge in [-0.05, 0) is 44.2 Å². The Morgan fingerprint density at radius 1 is 1.47 bits per heavy atom. The van der Waals surface area contributed by atoms with Crippen molar-refractivity contribution in [2.45, 2.75) is 45.2 Å². The Morgan fingerprint density at radius 2 is 2.18 bits per heavy atom. The quantitative estimate of drug-likeness (QED) is 0.850. The second kappa shape index (κ2) is 5.05. The van der Waals surface area contributed by atoms with Crippen LogP contribution in [-0.4, -0.2) is 18.1 Å². The third-order valence-electron chi connectivity index (χ3n) is 3.91. The molecule has 1 saturated carbocycles. The van der Waals surface area contributed by atoms with Gasteiger partial charge < -0.3 is 10.6 Å². The zero-order valence-electron chi connectivity index (χ0n) is 11.1. The molecule has 1 aliphatic carbocycles. The van der Waals surface area contributed by atoms with Crippen LogP contribution >= 0.6 is 0 Å². The van der Waals surface area contributed by atoms with Gasteiger partial charge in [-0.15, -0.1) is 0 Å². The average Bonchev–Trinajstić information content (AvgIpc) is 3.20. The summed E-state index contributed by atoms with van der Waals surface area (Å²) in [4.78, 5) is 6.79. The highest BCUT2D eigenvalue weighted by molar-refractivity contribution is 5.45. The summed E-state index contributed by atoms with van der Waals surface area (Å²) in [5.41, 5.74) is 8.14. The van der Waals surface area contributed by atoms with E-state index in [4.69, 9.17) is 5.73 Å². The molecule has 1 unspecified atom stereocenters. The van der Waals surface area contributed by atoms with Crippen LogP contribution in [0.15, 0.2) is 18.3 Å². The van der Waals surface area contributed by atoms with Crippen LogP contribution in [0, 0.1) is 5.92 Å². The summed E-state index contributed by atoms with van der Waals surface area (Å²) in [5, 5.41) is 0. The molecule has 0 radical (unpaired) electrons. The molecule has 0 saturated heterocycles. The molecule has 1 aliphatic rings. The van der Waals surface area contributed by atoms with Crippen LogP contribution in [0.5, 0.6) is 0 Å². The number of hydrogen-bond acceptors (Lipinski definition) is 3. The Kier molecular flexibility index (Phi) is 3.67. The van der Waals surface area contributed by atoms with E-state index in [-0.39, 0.29) is 6.04 Å². The highest BCUT2D eigenvalue weighted by atomic mass is 15.1. The molecule has 1 fully saturated rings. The maximum atomic E-state index is 5.96. The topological polar surface area (TPSA) is 42.1 Å². The van der Waals surface area contributed by atoms with E-state index in [0.29, 0.717) is 6.04 Å². The summed E-state index contributed by atoms with van der Waals surface area (Å²) in [7, 11) is 2.15. The molecule has 2 rings (SSSR count). The highest BCUT2D eigenvalue weighted by Crippen LogP contribution is 2.36. The molecule has 0 bridgehead atoms. The standard InChI is InChI=1S/C14H23N3/c1-4-13(15)14-8-7-12(9-16-14)17(3)10(2)11-5-6-11/h7-11,13H,4-6,15H2,1-3H3/t10?,13-/m0/s1. The average molecular weight is 233 g/mol. The van der Waals surface area contributed by atoms with Gasteiger partial charge in [0.1, 0.15) is 0 Å². The molecule has 2 N–H and O–H groups in total. The van der Waals surface area contributed by atoms with E-state index in [9.17, 15) is 0 Å². The summed E-state index contributed by atoms with van der Waals surface area (Å²) < 4.78 is 0. The number of hydrogen-bond donors (Lipinski definition) is 1. The van der Waals surface area contributed by atoms with Crippen molar-refractivity contribution in [3.63, 3.8) is 0 Å². The van der Waals surface area contributed by atoms with Gasteiger partial charge in [-0.3, -0.25) is 4.98 Å². The van der Waals surface area contributed by atoms with Crippen LogP contribution in [0.3, 0.4) is 0 Å². The zero-order valence-corrected chi connectivity index (χ0v) is 11.1. The van der Waals surface area contributed by atoms with Crippen molar-refractivity contribution in [3.8, 4) is 0 Å². The van der Waals surface area contributed by atoms with Crippen molar-refractivity contribution in [2.75, 3.05) is 11.9 Å². The maximum absolute atomic E-state index is 5.96. The lowest BCUT2D eigenvalue weighted by Crippen LogP contribution is -2.30. The normalized spacial score (nSPS) is 18.8. The monoisotopic (exact) mass is 233 g/mol. The van der Waals surface area contributed by atoms with Crippen molar-refractivity contribution in [1.82, 2.24) is 4.98 Å². The molecule has 2 atom stereocenters. The SMILES string of the molecule is CC[C@H](N)c1ccc(N(C)C(C)C2CC2)cn1. The summed E-state index contributed by atoms with van der Waals surface area (Å²) in [6, 6.07) is 4.87. The minimum Gasteiger partial charge on any atom is -0.370 e. The van der Waals surface area contributed by atoms with E-state index >= 15 is 0 Å². The minimum absolute atomic E-state index is 0.0650. The Bertz CT molecular complexity index is 356. The second-order valence-electron chi connectivity index (χ2n) is 5.14. The van der Waals surface area contributed by atoms with E-state index in [0.717, 1.165) is 18.0 Å². The van der Waals surface area contributed by atoms with E-state index in [1.807, 2.05) is 6.20 Å². The van der Waals surface area contributed by atoms with Gasteiger partial charge >= 0.3 is 0 Å². The van der Waals surface area contributed by atoms with Gasteiger partial charge in [0.2, 0.25) is 0 Å². The van der Waals surface area contributed by atoms with Gasteiger partial charge in [0, 0.05) is 19.1 Å². The number of nitrogens with two attached hydrogens (primary N) is 1. The number of nitrogens with zero attached hydrogens (tertiary/aromatic N) is 2. The van der Waals surface area contributed by atoms with Gasteiger partial charge in [-0.25, -0.2) is 0 Å². The molecule has 3 nitrogen and oxygen atoms in total. The first-order chi connectivity index (χ1) is 8.13. The zero-order chi connectivity index (χ0) is 12.4. The fourth-order valence-corrected chi connectivity index (χ4v) is 2.16. The number of pyridine rings is 1. The van der Waals surface area contributed by atoms with Crippen LogP contribution in [0.4, 0.5) is 5.69 Å². The largest absolute Gasteiger partial charge is 0.370 e. The van der Waals surface area contributed by atoms with Crippen LogP contribution in [0.2, 0.25) is 0 Å². The molecule has 17 heavy (non-hydrogen) atoms. The number of rotatable bonds is 5. The van der Waals surface area contributed by atoms with Crippen molar-refractivity contribution < 1.29 is 0 Å². The van der Waals surface area contributed by atoms with Gasteiger partial charge in [0.25, 0.3) is 0 Å². The molecule has 94 valence electrons. The molecular formula is C14H23N3. The Hall–Kier alpha value is -1.09. The lowest BCUT2D eigenvalue weighted by molar-refractivity contribution is 0.607. The van der Waals surface area contributed by atoms with Crippen LogP contribution in [0.1, 0.15) is 44.8 Å². The predicted octanol–water partition coefficient (Wildman–Crippen LogP) is 2.73. The Morgan fingerprint density at radius 3 is 2.65 bits per heavy atom. The summed E-state index contributed by atoms with van der Waals surface area (Å²) >= 11 is 0. The fourth-order valence-electron chi connectivity index (χ4n) is 2.16. The maximum Gasteiger partial charge on any atom is 0.0572 e. The predicted molar refractivity (Wildman–Crippen MR) is 72.0 cm³/mol. The van der Waals surface area contributed by atoms with Crippen molar-refractivity contribution >= 4 is 5.69 Å². The molecule has 1 heterocycles. The molecule has 0 aromatic carbocycles. The van der Waals surface area contributed by atoms with Gasteiger partial charge in [0.05, 0.1) is 17.6 Å². The smallest absolute Gasteiger partial charge is 0.0572 e.